The Morgan fingerprint density at radius 3 is 2.62 bits per heavy atom. The third-order valence-corrected chi connectivity index (χ3v) is 5.25. The van der Waals surface area contributed by atoms with Crippen LogP contribution in [0.15, 0.2) is 53.7 Å². The lowest BCUT2D eigenvalue weighted by Gasteiger charge is -2.06. The Bertz CT molecular complexity index is 947. The molecule has 0 aliphatic heterocycles. The minimum Gasteiger partial charge on any atom is -0.497 e. The van der Waals surface area contributed by atoms with Crippen LogP contribution in [-0.4, -0.2) is 31.5 Å². The lowest BCUT2D eigenvalue weighted by Crippen LogP contribution is -2.26. The van der Waals surface area contributed by atoms with Gasteiger partial charge in [-0.1, -0.05) is 6.07 Å². The van der Waals surface area contributed by atoms with Gasteiger partial charge in [0.05, 0.1) is 17.7 Å². The van der Waals surface area contributed by atoms with Gasteiger partial charge in [0.25, 0.3) is 0 Å². The number of sulfonamides is 1. The monoisotopic (exact) mass is 345 g/mol. The minimum atomic E-state index is -3.53. The van der Waals surface area contributed by atoms with Crippen molar-refractivity contribution in [2.75, 3.05) is 13.7 Å². The van der Waals surface area contributed by atoms with Gasteiger partial charge < -0.3 is 9.14 Å². The normalized spacial score (nSPS) is 11.8. The van der Waals surface area contributed by atoms with Gasteiger partial charge in [-0.2, -0.15) is 0 Å². The number of pyridine rings is 1. The van der Waals surface area contributed by atoms with E-state index in [1.807, 2.05) is 35.9 Å². The number of hydrogen-bond acceptors (Lipinski definition) is 4. The van der Waals surface area contributed by atoms with E-state index in [9.17, 15) is 8.42 Å². The summed E-state index contributed by atoms with van der Waals surface area (Å²) in [5.41, 5.74) is 2.83. The summed E-state index contributed by atoms with van der Waals surface area (Å²) < 4.78 is 34.1. The molecule has 126 valence electrons. The van der Waals surface area contributed by atoms with E-state index in [-0.39, 0.29) is 11.4 Å². The highest BCUT2D eigenvalue weighted by atomic mass is 32.2. The van der Waals surface area contributed by atoms with Crippen molar-refractivity contribution in [3.05, 3.63) is 60.0 Å². The number of methoxy groups -OCH3 is 1. The maximum atomic E-state index is 12.3. The number of rotatable bonds is 6. The second kappa shape index (κ2) is 6.62. The summed E-state index contributed by atoms with van der Waals surface area (Å²) in [4.78, 5) is 4.76. The lowest BCUT2D eigenvalue weighted by atomic mass is 10.3. The highest BCUT2D eigenvalue weighted by Crippen LogP contribution is 2.15. The lowest BCUT2D eigenvalue weighted by molar-refractivity contribution is 0.414. The quantitative estimate of drug-likeness (QED) is 0.743. The van der Waals surface area contributed by atoms with E-state index in [4.69, 9.17) is 4.74 Å². The fourth-order valence-corrected chi connectivity index (χ4v) is 3.51. The van der Waals surface area contributed by atoms with Gasteiger partial charge in [0.1, 0.15) is 11.4 Å². The van der Waals surface area contributed by atoms with E-state index in [0.717, 1.165) is 16.9 Å². The Hall–Kier alpha value is -2.38. The molecule has 0 aliphatic carbocycles. The van der Waals surface area contributed by atoms with E-state index < -0.39 is 10.0 Å². The van der Waals surface area contributed by atoms with Crippen molar-refractivity contribution in [1.29, 1.82) is 0 Å². The Morgan fingerprint density at radius 1 is 1.21 bits per heavy atom. The summed E-state index contributed by atoms with van der Waals surface area (Å²) in [7, 11) is -1.99. The summed E-state index contributed by atoms with van der Waals surface area (Å²) >= 11 is 0. The molecule has 0 spiro atoms. The second-order valence-electron chi connectivity index (χ2n) is 5.48. The van der Waals surface area contributed by atoms with E-state index in [1.54, 1.807) is 12.1 Å². The number of imidazole rings is 1. The molecular weight excluding hydrogens is 326 g/mol. The first-order valence-corrected chi connectivity index (χ1v) is 9.05. The fourth-order valence-electron chi connectivity index (χ4n) is 2.48. The number of nitrogens with one attached hydrogen (secondary N) is 1. The standard InChI is InChI=1S/C17H19N3O3S/c1-13-4-3-11-20-12-14(19-17(13)20)9-10-18-24(21,22)16-7-5-15(23-2)6-8-16/h3-8,11-12,18H,9-10H2,1-2H3. The number of hydrogen-bond donors (Lipinski definition) is 1. The van der Waals surface area contributed by atoms with Crippen molar-refractivity contribution in [1.82, 2.24) is 14.1 Å². The molecule has 7 heteroatoms. The Labute approximate surface area is 141 Å². The summed E-state index contributed by atoms with van der Waals surface area (Å²) in [6.45, 7) is 2.29. The molecular formula is C17H19N3O3S. The number of ether oxygens (including phenoxy) is 1. The number of nitrogens with zero attached hydrogens (tertiary/aromatic N) is 2. The first kappa shape index (κ1) is 16.5. The molecule has 0 saturated heterocycles. The average Bonchev–Trinajstić information content (AvgIpc) is 2.99. The van der Waals surface area contributed by atoms with Crippen molar-refractivity contribution in [2.45, 2.75) is 18.2 Å². The molecule has 0 atom stereocenters. The Kier molecular flexibility index (Phi) is 4.55. The van der Waals surface area contributed by atoms with Gasteiger partial charge in [-0.25, -0.2) is 18.1 Å². The predicted octanol–water partition coefficient (Wildman–Crippen LogP) is 2.17. The number of benzene rings is 1. The molecule has 0 bridgehead atoms. The molecule has 0 fully saturated rings. The predicted molar refractivity (Wildman–Crippen MR) is 91.8 cm³/mol. The fraction of sp³-hybridized carbons (Fsp3) is 0.235. The summed E-state index contributed by atoms with van der Waals surface area (Å²) in [5.74, 6) is 0.619. The molecule has 0 unspecified atom stereocenters. The second-order valence-corrected chi connectivity index (χ2v) is 7.24. The van der Waals surface area contributed by atoms with Crippen LogP contribution in [0.4, 0.5) is 0 Å². The topological polar surface area (TPSA) is 72.7 Å². The average molecular weight is 345 g/mol. The van der Waals surface area contributed by atoms with E-state index in [2.05, 4.69) is 9.71 Å². The van der Waals surface area contributed by atoms with E-state index in [0.29, 0.717) is 12.2 Å². The molecule has 0 amide bonds. The smallest absolute Gasteiger partial charge is 0.240 e. The molecule has 3 aromatic rings. The third-order valence-electron chi connectivity index (χ3n) is 3.77. The number of aromatic nitrogens is 2. The van der Waals surface area contributed by atoms with Crippen LogP contribution in [0, 0.1) is 6.92 Å². The van der Waals surface area contributed by atoms with Crippen molar-refractivity contribution in [3.63, 3.8) is 0 Å². The van der Waals surface area contributed by atoms with Gasteiger partial charge in [-0.15, -0.1) is 0 Å². The minimum absolute atomic E-state index is 0.217. The number of fused-ring (bicyclic) bond motifs is 1. The molecule has 0 aliphatic rings. The van der Waals surface area contributed by atoms with Crippen molar-refractivity contribution >= 4 is 15.7 Å². The first-order valence-electron chi connectivity index (χ1n) is 7.56. The zero-order chi connectivity index (χ0) is 17.2. The summed E-state index contributed by atoms with van der Waals surface area (Å²) in [6, 6.07) is 10.3. The SMILES string of the molecule is COc1ccc(S(=O)(=O)NCCc2cn3cccc(C)c3n2)cc1. The van der Waals surface area contributed by atoms with Crippen LogP contribution >= 0.6 is 0 Å². The highest BCUT2D eigenvalue weighted by Gasteiger charge is 2.13. The zero-order valence-corrected chi connectivity index (χ0v) is 14.4. The van der Waals surface area contributed by atoms with Gasteiger partial charge in [-0.05, 0) is 42.8 Å². The molecule has 1 aromatic carbocycles. The number of aryl methyl sites for hydroxylation is 1. The van der Waals surface area contributed by atoms with Gasteiger partial charge in [0, 0.05) is 25.4 Å². The van der Waals surface area contributed by atoms with E-state index in [1.165, 1.54) is 19.2 Å². The first-order chi connectivity index (χ1) is 11.5. The largest absolute Gasteiger partial charge is 0.497 e. The van der Waals surface area contributed by atoms with Gasteiger partial charge in [-0.3, -0.25) is 0 Å². The van der Waals surface area contributed by atoms with Crippen LogP contribution in [0.25, 0.3) is 5.65 Å². The molecule has 6 nitrogen and oxygen atoms in total. The summed E-state index contributed by atoms with van der Waals surface area (Å²) in [5, 5.41) is 0. The molecule has 3 rings (SSSR count). The Balaban J connectivity index is 1.66. The zero-order valence-electron chi connectivity index (χ0n) is 13.6. The molecule has 2 aromatic heterocycles. The van der Waals surface area contributed by atoms with Gasteiger partial charge in [0.15, 0.2) is 0 Å². The van der Waals surface area contributed by atoms with Crippen molar-refractivity contribution in [3.8, 4) is 5.75 Å². The van der Waals surface area contributed by atoms with Crippen LogP contribution in [0.3, 0.4) is 0 Å². The molecule has 0 radical (unpaired) electrons. The van der Waals surface area contributed by atoms with Crippen molar-refractivity contribution < 1.29 is 13.2 Å². The molecule has 0 saturated carbocycles. The highest BCUT2D eigenvalue weighted by molar-refractivity contribution is 7.89. The summed E-state index contributed by atoms with van der Waals surface area (Å²) in [6.07, 6.45) is 4.38. The van der Waals surface area contributed by atoms with Crippen LogP contribution in [0.5, 0.6) is 5.75 Å². The maximum Gasteiger partial charge on any atom is 0.240 e. The van der Waals surface area contributed by atoms with Crippen LogP contribution in [0.2, 0.25) is 0 Å². The maximum absolute atomic E-state index is 12.3. The van der Waals surface area contributed by atoms with Gasteiger partial charge in [0.2, 0.25) is 10.0 Å². The van der Waals surface area contributed by atoms with Crippen molar-refractivity contribution in [2.24, 2.45) is 0 Å². The molecule has 2 heterocycles. The van der Waals surface area contributed by atoms with Crippen LogP contribution in [0.1, 0.15) is 11.3 Å². The van der Waals surface area contributed by atoms with Crippen LogP contribution < -0.4 is 9.46 Å². The molecule has 1 N–H and O–H groups in total. The van der Waals surface area contributed by atoms with E-state index >= 15 is 0 Å². The third kappa shape index (κ3) is 3.42. The molecule has 24 heavy (non-hydrogen) atoms. The Morgan fingerprint density at radius 2 is 1.96 bits per heavy atom. The van der Waals surface area contributed by atoms with Crippen LogP contribution in [-0.2, 0) is 16.4 Å². The van der Waals surface area contributed by atoms with Gasteiger partial charge >= 0.3 is 0 Å².